The van der Waals surface area contributed by atoms with Crippen LogP contribution in [0.25, 0.3) is 0 Å². The molecular formula is C19H26ClNO8. The second-order valence-electron chi connectivity index (χ2n) is 7.98. The Labute approximate surface area is 173 Å². The molecule has 0 aliphatic carbocycles. The molecule has 1 saturated heterocycles. The Bertz CT molecular complexity index is 765. The van der Waals surface area contributed by atoms with Gasteiger partial charge >= 0.3 is 5.97 Å². The fourth-order valence-electron chi connectivity index (χ4n) is 2.99. The maximum absolute atomic E-state index is 12.6. The number of aliphatic carboxylic acids is 1. The molecule has 6 atom stereocenters. The van der Waals surface area contributed by atoms with Gasteiger partial charge in [-0.3, -0.25) is 4.79 Å². The molecule has 0 spiro atoms. The number of carboxylic acid groups (broad SMARTS) is 1. The molecule has 5 N–H and O–H groups in total. The van der Waals surface area contributed by atoms with Crippen molar-refractivity contribution in [2.75, 3.05) is 0 Å². The molecule has 1 unspecified atom stereocenters. The van der Waals surface area contributed by atoms with E-state index >= 15 is 0 Å². The van der Waals surface area contributed by atoms with Gasteiger partial charge in [-0.05, 0) is 45.9 Å². The minimum absolute atomic E-state index is 0.0106. The summed E-state index contributed by atoms with van der Waals surface area (Å²) in [5, 5.41) is 41.8. The molecule has 0 saturated carbocycles. The zero-order valence-corrected chi connectivity index (χ0v) is 17.3. The number of halogens is 1. The van der Waals surface area contributed by atoms with Gasteiger partial charge in [0.25, 0.3) is 0 Å². The van der Waals surface area contributed by atoms with Crippen molar-refractivity contribution in [2.24, 2.45) is 0 Å². The highest BCUT2D eigenvalue weighted by Gasteiger charge is 2.48. The molecule has 1 fully saturated rings. The van der Waals surface area contributed by atoms with E-state index in [-0.39, 0.29) is 22.1 Å². The number of nitrogens with one attached hydrogen (secondary N) is 1. The van der Waals surface area contributed by atoms with E-state index in [1.54, 1.807) is 6.92 Å². The van der Waals surface area contributed by atoms with E-state index in [0.717, 1.165) is 0 Å². The first-order valence-corrected chi connectivity index (χ1v) is 9.40. The lowest BCUT2D eigenvalue weighted by atomic mass is 9.99. The minimum atomic E-state index is -1.82. The number of Topliss-reactive ketones (excluding diaryl/α,β-unsaturated/α-hetero) is 1. The molecule has 1 aromatic carbocycles. The largest absolute Gasteiger partial charge is 0.479 e. The number of carboxylic acids is 1. The zero-order chi connectivity index (χ0) is 22.1. The Morgan fingerprint density at radius 1 is 1.17 bits per heavy atom. The summed E-state index contributed by atoms with van der Waals surface area (Å²) in [7, 11) is 0. The predicted octanol–water partition coefficient (Wildman–Crippen LogP) is 0.570. The Kier molecular flexibility index (Phi) is 7.26. The van der Waals surface area contributed by atoms with Gasteiger partial charge in [0.05, 0.1) is 11.1 Å². The van der Waals surface area contributed by atoms with Gasteiger partial charge in [0, 0.05) is 11.1 Å². The highest BCUT2D eigenvalue weighted by molar-refractivity contribution is 6.32. The second-order valence-corrected chi connectivity index (χ2v) is 8.39. The standard InChI is InChI=1S/C19H26ClNO8/c1-8(21-19(2,3)4)12(22)9-5-6-11(10(20)7-9)28-18-15(25)13(23)14(24)16(29-18)17(26)27/h5-8,13-16,18,21,23-25H,1-4H3,(H,26,27)/t8-,13-,14-,15+,16-,18?/m0/s1. The smallest absolute Gasteiger partial charge is 0.335 e. The molecule has 1 aliphatic heterocycles. The fourth-order valence-corrected chi connectivity index (χ4v) is 3.21. The van der Waals surface area contributed by atoms with Crippen molar-refractivity contribution < 1.29 is 39.5 Å². The molecule has 29 heavy (non-hydrogen) atoms. The fraction of sp³-hybridized carbons (Fsp3) is 0.579. The van der Waals surface area contributed by atoms with Crippen LogP contribution in [0.4, 0.5) is 0 Å². The molecule has 10 heteroatoms. The van der Waals surface area contributed by atoms with Crippen LogP contribution in [0.5, 0.6) is 5.75 Å². The Morgan fingerprint density at radius 2 is 1.79 bits per heavy atom. The average Bonchev–Trinajstić information content (AvgIpc) is 2.61. The van der Waals surface area contributed by atoms with Crippen LogP contribution in [0.3, 0.4) is 0 Å². The lowest BCUT2D eigenvalue weighted by Gasteiger charge is -2.38. The van der Waals surface area contributed by atoms with Gasteiger partial charge in [0.1, 0.15) is 24.1 Å². The van der Waals surface area contributed by atoms with Gasteiger partial charge < -0.3 is 35.2 Å². The molecule has 0 radical (unpaired) electrons. The number of ketones is 1. The van der Waals surface area contributed by atoms with Gasteiger partial charge in [-0.1, -0.05) is 11.6 Å². The van der Waals surface area contributed by atoms with E-state index in [9.17, 15) is 24.9 Å². The molecule has 1 aromatic rings. The monoisotopic (exact) mass is 431 g/mol. The molecule has 0 amide bonds. The van der Waals surface area contributed by atoms with Crippen LogP contribution < -0.4 is 10.1 Å². The van der Waals surface area contributed by atoms with Crippen molar-refractivity contribution in [2.45, 2.75) is 70.0 Å². The Hall–Kier alpha value is -1.75. The number of carbonyl (C=O) groups excluding carboxylic acids is 1. The summed E-state index contributed by atoms with van der Waals surface area (Å²) < 4.78 is 10.5. The zero-order valence-electron chi connectivity index (χ0n) is 16.5. The number of hydrogen-bond acceptors (Lipinski definition) is 8. The summed E-state index contributed by atoms with van der Waals surface area (Å²) in [5.74, 6) is -1.70. The maximum Gasteiger partial charge on any atom is 0.335 e. The number of aliphatic hydroxyl groups is 3. The van der Waals surface area contributed by atoms with E-state index < -0.39 is 42.7 Å². The number of rotatable bonds is 6. The van der Waals surface area contributed by atoms with Crippen LogP contribution in [-0.2, 0) is 9.53 Å². The van der Waals surface area contributed by atoms with E-state index in [2.05, 4.69) is 5.32 Å². The first kappa shape index (κ1) is 23.5. The van der Waals surface area contributed by atoms with Gasteiger partial charge in [-0.25, -0.2) is 4.79 Å². The van der Waals surface area contributed by atoms with Crippen LogP contribution in [0.2, 0.25) is 5.02 Å². The normalized spacial score (nSPS) is 28.6. The average molecular weight is 432 g/mol. The van der Waals surface area contributed by atoms with Crippen LogP contribution in [0.1, 0.15) is 38.1 Å². The highest BCUT2D eigenvalue weighted by atomic mass is 35.5. The number of aliphatic hydroxyl groups excluding tert-OH is 3. The van der Waals surface area contributed by atoms with Gasteiger partial charge in [-0.2, -0.15) is 0 Å². The van der Waals surface area contributed by atoms with Crippen molar-refractivity contribution in [1.82, 2.24) is 5.32 Å². The van der Waals surface area contributed by atoms with Crippen LogP contribution >= 0.6 is 11.6 Å². The van der Waals surface area contributed by atoms with Crippen molar-refractivity contribution in [3.8, 4) is 5.75 Å². The lowest BCUT2D eigenvalue weighted by molar-refractivity contribution is -0.271. The first-order chi connectivity index (χ1) is 13.3. The Morgan fingerprint density at radius 3 is 2.31 bits per heavy atom. The third-order valence-electron chi connectivity index (χ3n) is 4.32. The molecule has 2 rings (SSSR count). The molecule has 1 heterocycles. The molecule has 1 aliphatic rings. The number of ether oxygens (including phenoxy) is 2. The third-order valence-corrected chi connectivity index (χ3v) is 4.61. The van der Waals surface area contributed by atoms with E-state index in [0.29, 0.717) is 5.56 Å². The van der Waals surface area contributed by atoms with Crippen LogP contribution in [0, 0.1) is 0 Å². The third kappa shape index (κ3) is 5.65. The summed E-state index contributed by atoms with van der Waals surface area (Å²) in [4.78, 5) is 23.7. The van der Waals surface area contributed by atoms with Crippen molar-refractivity contribution >= 4 is 23.4 Å². The maximum atomic E-state index is 12.6. The topological polar surface area (TPSA) is 146 Å². The molecular weight excluding hydrogens is 406 g/mol. The molecule has 0 bridgehead atoms. The van der Waals surface area contributed by atoms with Gasteiger partial charge in [0.15, 0.2) is 11.9 Å². The highest BCUT2D eigenvalue weighted by Crippen LogP contribution is 2.30. The lowest BCUT2D eigenvalue weighted by Crippen LogP contribution is -2.61. The SMILES string of the molecule is C[C@H](NC(C)(C)C)C(=O)c1ccc(OC2O[C@H](C(=O)O)[C@@H](O)[C@H](O)[C@H]2O)c(Cl)c1. The Balaban J connectivity index is 2.16. The summed E-state index contributed by atoms with van der Waals surface area (Å²) in [6.07, 6.45) is -8.71. The minimum Gasteiger partial charge on any atom is -0.479 e. The molecule has 162 valence electrons. The predicted molar refractivity (Wildman–Crippen MR) is 103 cm³/mol. The second kappa shape index (κ2) is 8.95. The van der Waals surface area contributed by atoms with E-state index in [1.165, 1.54) is 18.2 Å². The van der Waals surface area contributed by atoms with E-state index in [4.69, 9.17) is 26.2 Å². The summed E-state index contributed by atoms with van der Waals surface area (Å²) in [6, 6.07) is 3.77. The first-order valence-electron chi connectivity index (χ1n) is 9.02. The molecule has 9 nitrogen and oxygen atoms in total. The van der Waals surface area contributed by atoms with Crippen LogP contribution in [0.15, 0.2) is 18.2 Å². The summed E-state index contributed by atoms with van der Waals surface area (Å²) in [6.45, 7) is 7.54. The summed E-state index contributed by atoms with van der Waals surface area (Å²) in [5.41, 5.74) is 0.0678. The van der Waals surface area contributed by atoms with Gasteiger partial charge in [0.2, 0.25) is 6.29 Å². The van der Waals surface area contributed by atoms with Crippen molar-refractivity contribution in [3.63, 3.8) is 0 Å². The summed E-state index contributed by atoms with van der Waals surface area (Å²) >= 11 is 6.18. The quantitative estimate of drug-likeness (QED) is 0.408. The van der Waals surface area contributed by atoms with E-state index in [1.807, 2.05) is 20.8 Å². The van der Waals surface area contributed by atoms with Gasteiger partial charge in [-0.15, -0.1) is 0 Å². The van der Waals surface area contributed by atoms with Crippen LogP contribution in [-0.4, -0.2) is 74.5 Å². The van der Waals surface area contributed by atoms with Crippen molar-refractivity contribution in [3.05, 3.63) is 28.8 Å². The van der Waals surface area contributed by atoms with Crippen molar-refractivity contribution in [1.29, 1.82) is 0 Å². The number of hydrogen-bond donors (Lipinski definition) is 5. The number of benzene rings is 1. The molecule has 0 aromatic heterocycles. The number of carbonyl (C=O) groups is 2.